The molecule has 0 spiro atoms. The first-order valence-electron chi connectivity index (χ1n) is 16.1. The van der Waals surface area contributed by atoms with Crippen molar-refractivity contribution >= 4 is 0 Å². The molecule has 0 aliphatic carbocycles. The number of unbranched alkanes of at least 4 members (excludes halogenated alkanes) is 26. The maximum Gasteiger partial charge on any atom is -0.00489 e. The number of nitrogens with one attached hydrogen (secondary N) is 1. The van der Waals surface area contributed by atoms with Crippen molar-refractivity contribution in [3.63, 3.8) is 0 Å². The molecule has 33 heavy (non-hydrogen) atoms. The van der Waals surface area contributed by atoms with E-state index in [2.05, 4.69) is 19.2 Å². The van der Waals surface area contributed by atoms with E-state index in [1.165, 1.54) is 193 Å². The standard InChI is InChI=1S/C32H67N/c1-3-5-7-9-11-13-14-15-16-17-18-19-20-21-22-23-24-26-28-30-32-33-31-29-27-25-12-10-8-6-4-2/h33H,3-32H2,1-2H3. The molecule has 0 heterocycles. The lowest BCUT2D eigenvalue weighted by Gasteiger charge is -2.06. The van der Waals surface area contributed by atoms with E-state index in [0.717, 1.165) is 0 Å². The molecule has 0 radical (unpaired) electrons. The van der Waals surface area contributed by atoms with Gasteiger partial charge in [0.05, 0.1) is 0 Å². The van der Waals surface area contributed by atoms with Gasteiger partial charge in [0, 0.05) is 0 Å². The average Bonchev–Trinajstić information content (AvgIpc) is 2.83. The normalized spacial score (nSPS) is 11.5. The van der Waals surface area contributed by atoms with Crippen molar-refractivity contribution in [2.45, 2.75) is 194 Å². The summed E-state index contributed by atoms with van der Waals surface area (Å²) in [6, 6.07) is 0. The van der Waals surface area contributed by atoms with Gasteiger partial charge in [-0.15, -0.1) is 0 Å². The van der Waals surface area contributed by atoms with Gasteiger partial charge in [0.1, 0.15) is 0 Å². The zero-order valence-electron chi connectivity index (χ0n) is 23.7. The number of hydrogen-bond donors (Lipinski definition) is 1. The first-order chi connectivity index (χ1) is 16.4. The quantitative estimate of drug-likeness (QED) is 0.104. The molecule has 1 heteroatoms. The third-order valence-electron chi connectivity index (χ3n) is 7.41. The predicted molar refractivity (Wildman–Crippen MR) is 153 cm³/mol. The van der Waals surface area contributed by atoms with Crippen LogP contribution in [0.15, 0.2) is 0 Å². The van der Waals surface area contributed by atoms with Crippen molar-refractivity contribution in [1.82, 2.24) is 5.32 Å². The summed E-state index contributed by atoms with van der Waals surface area (Å²) in [5, 5.41) is 3.66. The van der Waals surface area contributed by atoms with Gasteiger partial charge in [0.2, 0.25) is 0 Å². The van der Waals surface area contributed by atoms with Crippen LogP contribution in [0.5, 0.6) is 0 Å². The van der Waals surface area contributed by atoms with Crippen molar-refractivity contribution in [2.75, 3.05) is 13.1 Å². The van der Waals surface area contributed by atoms with Gasteiger partial charge in [-0.25, -0.2) is 0 Å². The summed E-state index contributed by atoms with van der Waals surface area (Å²) < 4.78 is 0. The van der Waals surface area contributed by atoms with Crippen LogP contribution in [0, 0.1) is 0 Å². The van der Waals surface area contributed by atoms with E-state index in [-0.39, 0.29) is 0 Å². The van der Waals surface area contributed by atoms with Gasteiger partial charge in [-0.05, 0) is 25.9 Å². The Balaban J connectivity index is 2.99. The molecule has 1 nitrogen and oxygen atoms in total. The minimum absolute atomic E-state index is 1.24. The van der Waals surface area contributed by atoms with Gasteiger partial charge in [-0.3, -0.25) is 0 Å². The Morgan fingerprint density at radius 1 is 0.242 bits per heavy atom. The van der Waals surface area contributed by atoms with Gasteiger partial charge in [0.15, 0.2) is 0 Å². The molecule has 0 aliphatic rings. The summed E-state index contributed by atoms with van der Waals surface area (Å²) >= 11 is 0. The topological polar surface area (TPSA) is 12.0 Å². The van der Waals surface area contributed by atoms with Crippen LogP contribution in [-0.2, 0) is 0 Å². The SMILES string of the molecule is CCCCCCCCCCCCCCCCCCCCCCNCCCCCCCCCC. The van der Waals surface area contributed by atoms with Gasteiger partial charge >= 0.3 is 0 Å². The molecule has 0 aromatic heterocycles. The Labute approximate surface area is 212 Å². The molecule has 0 saturated carbocycles. The van der Waals surface area contributed by atoms with Crippen LogP contribution in [0.25, 0.3) is 0 Å². The second kappa shape index (κ2) is 32.0. The largest absolute Gasteiger partial charge is 0.317 e. The van der Waals surface area contributed by atoms with E-state index < -0.39 is 0 Å². The molecule has 0 fully saturated rings. The third-order valence-corrected chi connectivity index (χ3v) is 7.41. The molecule has 0 atom stereocenters. The molecule has 0 rings (SSSR count). The van der Waals surface area contributed by atoms with Crippen molar-refractivity contribution in [2.24, 2.45) is 0 Å². The van der Waals surface area contributed by atoms with Crippen LogP contribution in [0.2, 0.25) is 0 Å². The monoisotopic (exact) mass is 466 g/mol. The first kappa shape index (κ1) is 33.0. The zero-order valence-corrected chi connectivity index (χ0v) is 23.7. The fraction of sp³-hybridized carbons (Fsp3) is 1.00. The Morgan fingerprint density at radius 3 is 0.636 bits per heavy atom. The minimum atomic E-state index is 1.24. The number of rotatable bonds is 30. The van der Waals surface area contributed by atoms with Gasteiger partial charge in [-0.2, -0.15) is 0 Å². The van der Waals surface area contributed by atoms with Crippen molar-refractivity contribution in [3.8, 4) is 0 Å². The van der Waals surface area contributed by atoms with Gasteiger partial charge in [-0.1, -0.05) is 181 Å². The van der Waals surface area contributed by atoms with Crippen molar-refractivity contribution in [3.05, 3.63) is 0 Å². The first-order valence-corrected chi connectivity index (χ1v) is 16.1. The molecule has 0 aliphatic heterocycles. The summed E-state index contributed by atoms with van der Waals surface area (Å²) in [7, 11) is 0. The highest BCUT2D eigenvalue weighted by atomic mass is 14.8. The molecule has 0 aromatic carbocycles. The molecule has 0 unspecified atom stereocenters. The molecular weight excluding hydrogens is 398 g/mol. The molecule has 0 bridgehead atoms. The maximum absolute atomic E-state index is 3.66. The van der Waals surface area contributed by atoms with Crippen LogP contribution >= 0.6 is 0 Å². The lowest BCUT2D eigenvalue weighted by Crippen LogP contribution is -2.16. The maximum atomic E-state index is 3.66. The van der Waals surface area contributed by atoms with Crippen LogP contribution in [0.3, 0.4) is 0 Å². The summed E-state index contributed by atoms with van der Waals surface area (Å²) in [4.78, 5) is 0. The van der Waals surface area contributed by atoms with Crippen LogP contribution in [0.4, 0.5) is 0 Å². The summed E-state index contributed by atoms with van der Waals surface area (Å²) in [5.74, 6) is 0. The Hall–Kier alpha value is -0.0400. The second-order valence-corrected chi connectivity index (χ2v) is 10.9. The Bertz CT molecular complexity index is 284. The predicted octanol–water partition coefficient (Wildman–Crippen LogP) is 11.5. The zero-order chi connectivity index (χ0) is 23.9. The average molecular weight is 466 g/mol. The molecule has 200 valence electrons. The van der Waals surface area contributed by atoms with E-state index in [1.807, 2.05) is 0 Å². The fourth-order valence-electron chi connectivity index (χ4n) is 5.01. The van der Waals surface area contributed by atoms with Crippen LogP contribution < -0.4 is 5.32 Å². The van der Waals surface area contributed by atoms with Crippen LogP contribution in [0.1, 0.15) is 194 Å². The van der Waals surface area contributed by atoms with E-state index in [9.17, 15) is 0 Å². The van der Waals surface area contributed by atoms with E-state index in [1.54, 1.807) is 0 Å². The Morgan fingerprint density at radius 2 is 0.424 bits per heavy atom. The lowest BCUT2D eigenvalue weighted by molar-refractivity contribution is 0.516. The van der Waals surface area contributed by atoms with Gasteiger partial charge in [0.25, 0.3) is 0 Å². The summed E-state index contributed by atoms with van der Waals surface area (Å²) in [6.07, 6.45) is 40.8. The molecule has 0 amide bonds. The molecule has 1 N–H and O–H groups in total. The summed E-state index contributed by atoms with van der Waals surface area (Å²) in [5.41, 5.74) is 0. The Kier molecular flexibility index (Phi) is 31.9. The highest BCUT2D eigenvalue weighted by Gasteiger charge is 1.96. The fourth-order valence-corrected chi connectivity index (χ4v) is 5.01. The molecule has 0 saturated heterocycles. The summed E-state index contributed by atoms with van der Waals surface area (Å²) in [6.45, 7) is 7.09. The third kappa shape index (κ3) is 32.0. The van der Waals surface area contributed by atoms with Gasteiger partial charge < -0.3 is 5.32 Å². The van der Waals surface area contributed by atoms with Crippen molar-refractivity contribution < 1.29 is 0 Å². The lowest BCUT2D eigenvalue weighted by atomic mass is 10.0. The van der Waals surface area contributed by atoms with Crippen LogP contribution in [-0.4, -0.2) is 13.1 Å². The molecule has 0 aromatic rings. The second-order valence-electron chi connectivity index (χ2n) is 10.9. The highest BCUT2D eigenvalue weighted by molar-refractivity contribution is 4.53. The smallest absolute Gasteiger partial charge is 0.00489 e. The van der Waals surface area contributed by atoms with E-state index in [0.29, 0.717) is 0 Å². The van der Waals surface area contributed by atoms with E-state index >= 15 is 0 Å². The highest BCUT2D eigenvalue weighted by Crippen LogP contribution is 2.15. The minimum Gasteiger partial charge on any atom is -0.317 e. The number of hydrogen-bond acceptors (Lipinski definition) is 1. The molecular formula is C32H67N. The van der Waals surface area contributed by atoms with Crippen molar-refractivity contribution in [1.29, 1.82) is 0 Å². The van der Waals surface area contributed by atoms with E-state index in [4.69, 9.17) is 0 Å².